The Bertz CT molecular complexity index is 116. The molecule has 0 spiro atoms. The molecule has 60 valence electrons. The van der Waals surface area contributed by atoms with Crippen molar-refractivity contribution < 1.29 is 4.39 Å². The standard InChI is InChI=1S/C7H13FIN/c1-7(8)2-4-10(6-7)5-3-9/h2-6H2,1H3. The molecule has 1 heterocycles. The Morgan fingerprint density at radius 2 is 2.40 bits per heavy atom. The molecule has 1 saturated heterocycles. The van der Waals surface area contributed by atoms with E-state index >= 15 is 0 Å². The first kappa shape index (κ1) is 8.71. The van der Waals surface area contributed by atoms with Gasteiger partial charge in [-0.15, -0.1) is 0 Å². The van der Waals surface area contributed by atoms with Crippen LogP contribution < -0.4 is 0 Å². The highest BCUT2D eigenvalue weighted by Gasteiger charge is 2.32. The van der Waals surface area contributed by atoms with Gasteiger partial charge in [0.05, 0.1) is 0 Å². The molecule has 0 aliphatic carbocycles. The van der Waals surface area contributed by atoms with Crippen molar-refractivity contribution >= 4 is 22.6 Å². The van der Waals surface area contributed by atoms with E-state index < -0.39 is 5.67 Å². The molecule has 0 radical (unpaired) electrons. The summed E-state index contributed by atoms with van der Waals surface area (Å²) in [7, 11) is 0. The lowest BCUT2D eigenvalue weighted by atomic mass is 10.1. The highest BCUT2D eigenvalue weighted by atomic mass is 127. The van der Waals surface area contributed by atoms with E-state index in [-0.39, 0.29) is 0 Å². The van der Waals surface area contributed by atoms with Gasteiger partial charge in [-0.2, -0.15) is 0 Å². The van der Waals surface area contributed by atoms with E-state index in [1.165, 1.54) is 0 Å². The van der Waals surface area contributed by atoms with Gasteiger partial charge in [0.15, 0.2) is 0 Å². The summed E-state index contributed by atoms with van der Waals surface area (Å²) in [6.45, 7) is 4.31. The van der Waals surface area contributed by atoms with Crippen molar-refractivity contribution in [1.82, 2.24) is 4.90 Å². The summed E-state index contributed by atoms with van der Waals surface area (Å²) >= 11 is 2.32. The maximum absolute atomic E-state index is 13.1. The van der Waals surface area contributed by atoms with Gasteiger partial charge in [0.2, 0.25) is 0 Å². The summed E-state index contributed by atoms with van der Waals surface area (Å²) in [4.78, 5) is 2.19. The maximum Gasteiger partial charge on any atom is 0.122 e. The Kier molecular flexibility index (Phi) is 2.91. The summed E-state index contributed by atoms with van der Waals surface area (Å²) in [6, 6.07) is 0. The number of hydrogen-bond acceptors (Lipinski definition) is 1. The van der Waals surface area contributed by atoms with Gasteiger partial charge in [0.25, 0.3) is 0 Å². The Morgan fingerprint density at radius 3 is 2.80 bits per heavy atom. The van der Waals surface area contributed by atoms with E-state index in [0.29, 0.717) is 13.0 Å². The molecule has 1 fully saturated rings. The van der Waals surface area contributed by atoms with Crippen LogP contribution in [-0.4, -0.2) is 34.6 Å². The first-order valence-corrected chi connectivity index (χ1v) is 5.14. The molecule has 0 bridgehead atoms. The average Bonchev–Trinajstić information content (AvgIpc) is 2.12. The molecule has 0 N–H and O–H groups in total. The summed E-state index contributed by atoms with van der Waals surface area (Å²) < 4.78 is 14.2. The number of likely N-dealkylation sites (tertiary alicyclic amines) is 1. The fourth-order valence-corrected chi connectivity index (χ4v) is 2.01. The largest absolute Gasteiger partial charge is 0.299 e. The van der Waals surface area contributed by atoms with Crippen molar-refractivity contribution in [1.29, 1.82) is 0 Å². The van der Waals surface area contributed by atoms with Gasteiger partial charge in [-0.1, -0.05) is 22.6 Å². The molecule has 0 aromatic carbocycles. The molecule has 0 saturated carbocycles. The van der Waals surface area contributed by atoms with Crippen molar-refractivity contribution in [3.8, 4) is 0 Å². The fraction of sp³-hybridized carbons (Fsp3) is 1.00. The van der Waals surface area contributed by atoms with Crippen LogP contribution >= 0.6 is 22.6 Å². The number of alkyl halides is 2. The maximum atomic E-state index is 13.1. The third-order valence-electron chi connectivity index (χ3n) is 1.90. The molecule has 1 nitrogen and oxygen atoms in total. The van der Waals surface area contributed by atoms with Crippen LogP contribution in [0.1, 0.15) is 13.3 Å². The Balaban J connectivity index is 2.29. The van der Waals surface area contributed by atoms with Crippen LogP contribution in [0.2, 0.25) is 0 Å². The van der Waals surface area contributed by atoms with Crippen LogP contribution in [0.5, 0.6) is 0 Å². The predicted octanol–water partition coefficient (Wildman–Crippen LogP) is 1.86. The summed E-state index contributed by atoms with van der Waals surface area (Å²) in [5.41, 5.74) is -0.911. The fourth-order valence-electron chi connectivity index (χ4n) is 1.33. The van der Waals surface area contributed by atoms with Crippen molar-refractivity contribution in [2.24, 2.45) is 0 Å². The summed E-state index contributed by atoms with van der Waals surface area (Å²) in [5.74, 6) is 0. The van der Waals surface area contributed by atoms with Crippen LogP contribution in [-0.2, 0) is 0 Å². The molecule has 1 unspecified atom stereocenters. The number of hydrogen-bond donors (Lipinski definition) is 0. The molecule has 1 atom stereocenters. The first-order chi connectivity index (χ1) is 4.64. The van der Waals surface area contributed by atoms with Crippen LogP contribution in [0, 0.1) is 0 Å². The van der Waals surface area contributed by atoms with Crippen molar-refractivity contribution in [2.45, 2.75) is 19.0 Å². The number of halogens is 2. The average molecular weight is 257 g/mol. The Labute approximate surface area is 75.1 Å². The van der Waals surface area contributed by atoms with Gasteiger partial charge in [-0.25, -0.2) is 4.39 Å². The van der Waals surface area contributed by atoms with Crippen LogP contribution in [0.15, 0.2) is 0 Å². The van der Waals surface area contributed by atoms with Crippen LogP contribution in [0.4, 0.5) is 4.39 Å². The highest BCUT2D eigenvalue weighted by molar-refractivity contribution is 14.1. The Morgan fingerprint density at radius 1 is 1.70 bits per heavy atom. The van der Waals surface area contributed by atoms with Gasteiger partial charge < -0.3 is 0 Å². The summed E-state index contributed by atoms with van der Waals surface area (Å²) in [5, 5.41) is 0. The lowest BCUT2D eigenvalue weighted by molar-refractivity contribution is 0.192. The van der Waals surface area contributed by atoms with E-state index in [1.807, 2.05) is 0 Å². The minimum atomic E-state index is -0.911. The molecule has 1 aliphatic rings. The quantitative estimate of drug-likeness (QED) is 0.539. The predicted molar refractivity (Wildman–Crippen MR) is 49.5 cm³/mol. The number of rotatable bonds is 2. The molecular formula is C7H13FIN. The second kappa shape index (κ2) is 3.34. The second-order valence-electron chi connectivity index (χ2n) is 3.13. The molecule has 0 amide bonds. The van der Waals surface area contributed by atoms with Gasteiger partial charge >= 0.3 is 0 Å². The Hall–Kier alpha value is 0.620. The first-order valence-electron chi connectivity index (χ1n) is 3.61. The zero-order valence-electron chi connectivity index (χ0n) is 6.24. The van der Waals surface area contributed by atoms with Gasteiger partial charge in [0.1, 0.15) is 5.67 Å². The van der Waals surface area contributed by atoms with E-state index in [1.54, 1.807) is 6.92 Å². The van der Waals surface area contributed by atoms with E-state index in [4.69, 9.17) is 0 Å². The monoisotopic (exact) mass is 257 g/mol. The normalized spacial score (nSPS) is 35.1. The molecule has 0 aromatic heterocycles. The molecular weight excluding hydrogens is 244 g/mol. The van der Waals surface area contributed by atoms with E-state index in [9.17, 15) is 4.39 Å². The SMILES string of the molecule is CC1(F)CCN(CCI)C1. The van der Waals surface area contributed by atoms with Crippen molar-refractivity contribution in [3.63, 3.8) is 0 Å². The van der Waals surface area contributed by atoms with Gasteiger partial charge in [-0.3, -0.25) is 4.90 Å². The second-order valence-corrected chi connectivity index (χ2v) is 4.21. The third-order valence-corrected chi connectivity index (χ3v) is 2.39. The molecule has 0 aromatic rings. The minimum absolute atomic E-state index is 0.635. The van der Waals surface area contributed by atoms with Gasteiger partial charge in [0, 0.05) is 24.1 Å². The van der Waals surface area contributed by atoms with Crippen LogP contribution in [0.3, 0.4) is 0 Å². The molecule has 1 aliphatic heterocycles. The topological polar surface area (TPSA) is 3.24 Å². The summed E-state index contributed by atoms with van der Waals surface area (Å²) in [6.07, 6.45) is 0.712. The minimum Gasteiger partial charge on any atom is -0.299 e. The lowest BCUT2D eigenvalue weighted by Gasteiger charge is -2.15. The van der Waals surface area contributed by atoms with E-state index in [0.717, 1.165) is 17.5 Å². The number of nitrogens with zero attached hydrogens (tertiary/aromatic N) is 1. The lowest BCUT2D eigenvalue weighted by Crippen LogP contribution is -2.27. The molecule has 3 heteroatoms. The zero-order chi connectivity index (χ0) is 7.61. The zero-order valence-corrected chi connectivity index (χ0v) is 8.40. The highest BCUT2D eigenvalue weighted by Crippen LogP contribution is 2.24. The molecule has 1 rings (SSSR count). The smallest absolute Gasteiger partial charge is 0.122 e. The van der Waals surface area contributed by atoms with Crippen molar-refractivity contribution in [2.75, 3.05) is 24.1 Å². The third kappa shape index (κ3) is 2.34. The van der Waals surface area contributed by atoms with Gasteiger partial charge in [-0.05, 0) is 13.3 Å². The van der Waals surface area contributed by atoms with Crippen LogP contribution in [0.25, 0.3) is 0 Å². The molecule has 10 heavy (non-hydrogen) atoms. The van der Waals surface area contributed by atoms with Crippen molar-refractivity contribution in [3.05, 3.63) is 0 Å². The van der Waals surface area contributed by atoms with E-state index in [2.05, 4.69) is 27.5 Å².